The number of hydrogen-bond donors (Lipinski definition) is 1. The molecule has 4 heterocycles. The summed E-state index contributed by atoms with van der Waals surface area (Å²) in [7, 11) is 0. The molecule has 5 rings (SSSR count). The Labute approximate surface area is 225 Å². The molecule has 204 valence electrons. The molecule has 2 aromatic rings. The number of benzene rings is 1. The number of fused-ring (bicyclic) bond motifs is 3. The fraction of sp³-hybridized carbons (Fsp3) is 0.462. The van der Waals surface area contributed by atoms with Gasteiger partial charge in [-0.3, -0.25) is 29.9 Å². The molecule has 3 atom stereocenters. The SMILES string of the molecule is C[C@@H]1CN(CC(C)(COc2ccc3c(c2N=O)N=C(NC(=O)c2cccnc2)N2CCN=C32)N=O)C[C@H](C)O1. The van der Waals surface area contributed by atoms with Crippen molar-refractivity contribution in [2.24, 2.45) is 20.3 Å². The first-order chi connectivity index (χ1) is 18.8. The molecule has 3 aliphatic heterocycles. The van der Waals surface area contributed by atoms with E-state index in [0.717, 1.165) is 0 Å². The summed E-state index contributed by atoms with van der Waals surface area (Å²) in [6.07, 6.45) is 3.11. The molecule has 1 unspecified atom stereocenters. The van der Waals surface area contributed by atoms with Crippen molar-refractivity contribution in [3.63, 3.8) is 0 Å². The molecule has 1 N–H and O–H groups in total. The van der Waals surface area contributed by atoms with Crippen LogP contribution in [0.25, 0.3) is 0 Å². The van der Waals surface area contributed by atoms with Crippen LogP contribution in [-0.4, -0.2) is 89.6 Å². The molecule has 1 amide bonds. The molecule has 0 aliphatic carbocycles. The largest absolute Gasteiger partial charge is 0.488 e. The van der Waals surface area contributed by atoms with Gasteiger partial charge in [0.25, 0.3) is 5.91 Å². The number of aliphatic imine (C=N–C) groups is 2. The highest BCUT2D eigenvalue weighted by atomic mass is 16.5. The number of nitrogens with one attached hydrogen (secondary N) is 1. The van der Waals surface area contributed by atoms with E-state index in [1.165, 1.54) is 6.20 Å². The summed E-state index contributed by atoms with van der Waals surface area (Å²) < 4.78 is 11.8. The van der Waals surface area contributed by atoms with Gasteiger partial charge < -0.3 is 9.47 Å². The summed E-state index contributed by atoms with van der Waals surface area (Å²) >= 11 is 0. The predicted octanol–water partition coefficient (Wildman–Crippen LogP) is 2.99. The molecular weight excluding hydrogens is 504 g/mol. The van der Waals surface area contributed by atoms with Gasteiger partial charge in [-0.15, -0.1) is 4.91 Å². The minimum atomic E-state index is -1.08. The summed E-state index contributed by atoms with van der Waals surface area (Å²) in [5, 5.41) is 9.38. The van der Waals surface area contributed by atoms with E-state index < -0.39 is 11.4 Å². The quantitative estimate of drug-likeness (QED) is 0.508. The summed E-state index contributed by atoms with van der Waals surface area (Å²) in [6, 6.07) is 6.67. The second kappa shape index (κ2) is 10.9. The number of amidine groups is 1. The lowest BCUT2D eigenvalue weighted by Gasteiger charge is -2.38. The normalized spacial score (nSPS) is 22.1. The van der Waals surface area contributed by atoms with Crippen molar-refractivity contribution < 1.29 is 14.3 Å². The molecule has 0 saturated carbocycles. The van der Waals surface area contributed by atoms with Crippen molar-refractivity contribution in [2.45, 2.75) is 38.5 Å². The molecule has 0 radical (unpaired) electrons. The zero-order valence-corrected chi connectivity index (χ0v) is 22.0. The topological polar surface area (TPSA) is 151 Å². The highest BCUT2D eigenvalue weighted by Crippen LogP contribution is 2.43. The lowest BCUT2D eigenvalue weighted by atomic mass is 10.0. The Morgan fingerprint density at radius 3 is 2.72 bits per heavy atom. The van der Waals surface area contributed by atoms with Crippen molar-refractivity contribution in [1.29, 1.82) is 0 Å². The molecule has 1 aromatic heterocycles. The molecule has 0 spiro atoms. The smallest absolute Gasteiger partial charge is 0.259 e. The zero-order valence-electron chi connectivity index (χ0n) is 22.0. The molecule has 3 aliphatic rings. The van der Waals surface area contributed by atoms with Crippen molar-refractivity contribution in [3.8, 4) is 5.75 Å². The standard InChI is InChI=1S/C26H30N8O5/c1-16-12-33(13-17(2)39-16)14-26(3,32-37)15-38-20-7-6-19-21(22(20)31-36)29-25(34-10-9-28-23(19)34)30-24(35)18-5-4-8-27-11-18/h4-8,11,16-17H,9-10,12-15H2,1-3H3,(H,29,30,35)/t16-,17+,26?. The van der Waals surface area contributed by atoms with Crippen molar-refractivity contribution in [1.82, 2.24) is 20.1 Å². The first kappa shape index (κ1) is 26.5. The molecule has 13 nitrogen and oxygen atoms in total. The second-order valence-corrected chi connectivity index (χ2v) is 10.2. The van der Waals surface area contributed by atoms with Crippen molar-refractivity contribution in [3.05, 3.63) is 57.6 Å². The van der Waals surface area contributed by atoms with Gasteiger partial charge in [0.2, 0.25) is 5.96 Å². The van der Waals surface area contributed by atoms with Gasteiger partial charge in [0.05, 0.1) is 24.3 Å². The number of rotatable bonds is 8. The van der Waals surface area contributed by atoms with Gasteiger partial charge in [0, 0.05) is 44.1 Å². The van der Waals surface area contributed by atoms with E-state index in [2.05, 4.69) is 35.5 Å². The Balaban J connectivity index is 1.39. The number of nitroso groups, excluding NO2 is 2. The number of carbonyl (C=O) groups is 1. The average Bonchev–Trinajstić information content (AvgIpc) is 3.42. The molecule has 1 aromatic carbocycles. The predicted molar refractivity (Wildman–Crippen MR) is 145 cm³/mol. The third-order valence-corrected chi connectivity index (χ3v) is 6.73. The summed E-state index contributed by atoms with van der Waals surface area (Å²) in [4.78, 5) is 53.8. The van der Waals surface area contributed by atoms with E-state index >= 15 is 0 Å². The molecule has 13 heteroatoms. The van der Waals surface area contributed by atoms with Crippen LogP contribution in [0.2, 0.25) is 0 Å². The van der Waals surface area contributed by atoms with Gasteiger partial charge in [-0.2, -0.15) is 4.91 Å². The fourth-order valence-corrected chi connectivity index (χ4v) is 5.11. The summed E-state index contributed by atoms with van der Waals surface area (Å²) in [5.74, 6) is 0.567. The van der Waals surface area contributed by atoms with E-state index in [1.54, 1.807) is 42.3 Å². The van der Waals surface area contributed by atoms with Gasteiger partial charge in [-0.25, -0.2) is 4.99 Å². The van der Waals surface area contributed by atoms with Gasteiger partial charge in [0.1, 0.15) is 23.7 Å². The number of hydrogen-bond acceptors (Lipinski definition) is 12. The van der Waals surface area contributed by atoms with Gasteiger partial charge in [-0.05, 0) is 50.2 Å². The van der Waals surface area contributed by atoms with Crippen LogP contribution < -0.4 is 10.1 Å². The highest BCUT2D eigenvalue weighted by molar-refractivity contribution is 6.20. The number of amides is 1. The Bertz CT molecular complexity index is 1320. The minimum Gasteiger partial charge on any atom is -0.488 e. The lowest BCUT2D eigenvalue weighted by molar-refractivity contribution is -0.0733. The van der Waals surface area contributed by atoms with Crippen LogP contribution in [0.3, 0.4) is 0 Å². The number of guanidine groups is 1. The summed E-state index contributed by atoms with van der Waals surface area (Å²) in [6.45, 7) is 8.37. The van der Waals surface area contributed by atoms with E-state index in [9.17, 15) is 14.6 Å². The number of ether oxygens (including phenoxy) is 2. The minimum absolute atomic E-state index is 0.0425. The highest BCUT2D eigenvalue weighted by Gasteiger charge is 2.36. The number of pyridine rings is 1. The number of aromatic nitrogens is 1. The third-order valence-electron chi connectivity index (χ3n) is 6.73. The third kappa shape index (κ3) is 5.54. The lowest BCUT2D eigenvalue weighted by Crippen LogP contribution is -2.52. The summed E-state index contributed by atoms with van der Waals surface area (Å²) in [5.41, 5.74) is 0.0699. The Hall–Kier alpha value is -4.10. The maximum Gasteiger partial charge on any atom is 0.259 e. The van der Waals surface area contributed by atoms with Crippen LogP contribution in [0, 0.1) is 9.81 Å². The van der Waals surface area contributed by atoms with Crippen LogP contribution in [0.1, 0.15) is 36.7 Å². The number of morpholine rings is 1. The van der Waals surface area contributed by atoms with Crippen LogP contribution in [0.4, 0.5) is 11.4 Å². The van der Waals surface area contributed by atoms with Crippen LogP contribution in [0.15, 0.2) is 57.0 Å². The van der Waals surface area contributed by atoms with Crippen molar-refractivity contribution >= 4 is 29.1 Å². The van der Waals surface area contributed by atoms with Gasteiger partial charge in [-0.1, -0.05) is 5.18 Å². The Morgan fingerprint density at radius 2 is 2.03 bits per heavy atom. The van der Waals surface area contributed by atoms with Crippen LogP contribution in [0.5, 0.6) is 5.75 Å². The first-order valence-electron chi connectivity index (χ1n) is 12.8. The zero-order chi connectivity index (χ0) is 27.6. The Kier molecular flexibility index (Phi) is 7.44. The molecular formula is C26H30N8O5. The van der Waals surface area contributed by atoms with Crippen LogP contribution >= 0.6 is 0 Å². The maximum atomic E-state index is 12.8. The molecule has 0 bridgehead atoms. The molecule has 39 heavy (non-hydrogen) atoms. The first-order valence-corrected chi connectivity index (χ1v) is 12.8. The maximum absolute atomic E-state index is 12.8. The fourth-order valence-electron chi connectivity index (χ4n) is 5.11. The monoisotopic (exact) mass is 534 g/mol. The number of nitrogens with zero attached hydrogens (tertiary/aromatic N) is 7. The second-order valence-electron chi connectivity index (χ2n) is 10.2. The van der Waals surface area contributed by atoms with Crippen LogP contribution in [-0.2, 0) is 4.74 Å². The van der Waals surface area contributed by atoms with Gasteiger partial charge in [0.15, 0.2) is 11.4 Å². The van der Waals surface area contributed by atoms with E-state index in [4.69, 9.17) is 9.47 Å². The van der Waals surface area contributed by atoms with E-state index in [1.807, 2.05) is 13.8 Å². The van der Waals surface area contributed by atoms with Gasteiger partial charge >= 0.3 is 0 Å². The van der Waals surface area contributed by atoms with E-state index in [-0.39, 0.29) is 41.9 Å². The van der Waals surface area contributed by atoms with E-state index in [0.29, 0.717) is 49.7 Å². The average molecular weight is 535 g/mol. The molecule has 1 saturated heterocycles. The number of carbonyl (C=O) groups excluding carboxylic acids is 1. The molecule has 1 fully saturated rings. The van der Waals surface area contributed by atoms with Crippen molar-refractivity contribution in [2.75, 3.05) is 39.3 Å². The Morgan fingerprint density at radius 1 is 1.23 bits per heavy atom.